The molecule has 1 heterocycles. The number of ketones is 1. The van der Waals surface area contributed by atoms with Crippen molar-refractivity contribution in [2.24, 2.45) is 0 Å². The van der Waals surface area contributed by atoms with Gasteiger partial charge in [0.2, 0.25) is 0 Å². The van der Waals surface area contributed by atoms with Gasteiger partial charge in [-0.15, -0.1) is 5.10 Å². The van der Waals surface area contributed by atoms with E-state index in [1.807, 2.05) is 14.1 Å². The Balaban J connectivity index is 2.09. The first-order valence-electron chi connectivity index (χ1n) is 7.69. The van der Waals surface area contributed by atoms with Crippen molar-refractivity contribution in [2.75, 3.05) is 14.1 Å². The molecule has 0 aliphatic heterocycles. The first-order valence-corrected chi connectivity index (χ1v) is 8.44. The van der Waals surface area contributed by atoms with Gasteiger partial charge in [-0.2, -0.15) is 4.68 Å². The lowest BCUT2D eigenvalue weighted by Crippen LogP contribution is -2.13. The van der Waals surface area contributed by atoms with Crippen LogP contribution in [0.3, 0.4) is 0 Å². The van der Waals surface area contributed by atoms with Gasteiger partial charge in [0.1, 0.15) is 0 Å². The van der Waals surface area contributed by atoms with E-state index in [9.17, 15) is 4.79 Å². The zero-order chi connectivity index (χ0) is 18.7. The van der Waals surface area contributed by atoms with Crippen LogP contribution in [0.4, 0.5) is 0 Å². The maximum atomic E-state index is 13.1. The number of hydrogen-bond acceptors (Lipinski definition) is 5. The molecule has 0 saturated heterocycles. The predicted octanol–water partition coefficient (Wildman–Crippen LogP) is 3.75. The number of allylic oxidation sites excluding steroid dienone is 1. The number of hydrogen-bond donors (Lipinski definition) is 0. The maximum Gasteiger partial charge on any atom is 0.198 e. The monoisotopic (exact) mass is 387 g/mol. The summed E-state index contributed by atoms with van der Waals surface area (Å²) in [6.07, 6.45) is 1.68. The molecular formula is C18H15Cl2N5O. The van der Waals surface area contributed by atoms with Crippen LogP contribution in [0, 0.1) is 0 Å². The summed E-state index contributed by atoms with van der Waals surface area (Å²) in [5.74, 6) is 0.0946. The van der Waals surface area contributed by atoms with E-state index in [1.54, 1.807) is 59.6 Å². The van der Waals surface area contributed by atoms with Crippen LogP contribution in [0.5, 0.6) is 0 Å². The molecule has 8 heteroatoms. The second-order valence-corrected chi connectivity index (χ2v) is 6.61. The minimum atomic E-state index is -0.230. The van der Waals surface area contributed by atoms with Crippen molar-refractivity contribution >= 4 is 34.6 Å². The molecule has 0 spiro atoms. The number of nitrogens with zero attached hydrogens (tertiary/aromatic N) is 5. The molecule has 132 valence electrons. The molecule has 0 amide bonds. The van der Waals surface area contributed by atoms with Crippen molar-refractivity contribution in [3.63, 3.8) is 0 Å². The molecule has 3 rings (SSSR count). The Morgan fingerprint density at radius 2 is 1.81 bits per heavy atom. The number of rotatable bonds is 5. The number of tetrazole rings is 1. The van der Waals surface area contributed by atoms with E-state index in [0.29, 0.717) is 32.7 Å². The summed E-state index contributed by atoms with van der Waals surface area (Å²) < 4.78 is 1.49. The lowest BCUT2D eigenvalue weighted by atomic mass is 10.0. The van der Waals surface area contributed by atoms with Crippen molar-refractivity contribution < 1.29 is 4.79 Å². The summed E-state index contributed by atoms with van der Waals surface area (Å²) in [6, 6.07) is 13.8. The van der Waals surface area contributed by atoms with Gasteiger partial charge >= 0.3 is 0 Å². The van der Waals surface area contributed by atoms with Gasteiger partial charge < -0.3 is 4.90 Å². The average Bonchev–Trinajstić information content (AvgIpc) is 3.09. The van der Waals surface area contributed by atoms with E-state index < -0.39 is 0 Å². The second kappa shape index (κ2) is 7.68. The van der Waals surface area contributed by atoms with Gasteiger partial charge in [-0.05, 0) is 46.8 Å². The van der Waals surface area contributed by atoms with Crippen molar-refractivity contribution in [3.8, 4) is 5.69 Å². The summed E-state index contributed by atoms with van der Waals surface area (Å²) in [4.78, 5) is 14.8. The molecule has 0 aliphatic carbocycles. The first kappa shape index (κ1) is 18.1. The Bertz CT molecular complexity index is 964. The smallest absolute Gasteiger partial charge is 0.198 e. The summed E-state index contributed by atoms with van der Waals surface area (Å²) in [5, 5.41) is 12.9. The van der Waals surface area contributed by atoms with Crippen molar-refractivity contribution in [3.05, 3.63) is 76.2 Å². The molecule has 3 aromatic rings. The van der Waals surface area contributed by atoms with Gasteiger partial charge in [-0.3, -0.25) is 4.79 Å². The molecular weight excluding hydrogens is 373 g/mol. The average molecular weight is 388 g/mol. The first-order chi connectivity index (χ1) is 12.5. The normalized spacial score (nSPS) is 11.5. The Hall–Kier alpha value is -2.70. The van der Waals surface area contributed by atoms with E-state index in [0.717, 1.165) is 0 Å². The Kier molecular flexibility index (Phi) is 5.35. The van der Waals surface area contributed by atoms with E-state index >= 15 is 0 Å². The van der Waals surface area contributed by atoms with E-state index in [-0.39, 0.29) is 5.78 Å². The maximum absolute atomic E-state index is 13.1. The lowest BCUT2D eigenvalue weighted by Gasteiger charge is -2.12. The fourth-order valence-corrected chi connectivity index (χ4v) is 2.69. The molecule has 0 bridgehead atoms. The molecule has 0 unspecified atom stereocenters. The number of Topliss-reactive ketones (excluding diaryl/α,β-unsaturated/α-hetero) is 1. The summed E-state index contributed by atoms with van der Waals surface area (Å²) >= 11 is 12.0. The quantitative estimate of drug-likeness (QED) is 0.492. The number of halogens is 2. The van der Waals surface area contributed by atoms with Crippen molar-refractivity contribution in [1.29, 1.82) is 0 Å². The van der Waals surface area contributed by atoms with Gasteiger partial charge in [0, 0.05) is 35.9 Å². The molecule has 0 fully saturated rings. The van der Waals surface area contributed by atoms with Crippen LogP contribution < -0.4 is 0 Å². The second-order valence-electron chi connectivity index (χ2n) is 5.74. The van der Waals surface area contributed by atoms with Crippen LogP contribution in [-0.4, -0.2) is 45.0 Å². The fraction of sp³-hybridized carbons (Fsp3) is 0.111. The van der Waals surface area contributed by atoms with E-state index in [1.165, 1.54) is 4.68 Å². The largest absolute Gasteiger partial charge is 0.383 e. The van der Waals surface area contributed by atoms with Crippen LogP contribution >= 0.6 is 23.2 Å². The third-order valence-corrected chi connectivity index (χ3v) is 3.99. The van der Waals surface area contributed by atoms with Crippen molar-refractivity contribution in [2.45, 2.75) is 0 Å². The van der Waals surface area contributed by atoms with Crippen LogP contribution in [-0.2, 0) is 0 Å². The van der Waals surface area contributed by atoms with Gasteiger partial charge in [-0.25, -0.2) is 0 Å². The van der Waals surface area contributed by atoms with Crippen LogP contribution in [0.25, 0.3) is 11.3 Å². The number of aromatic nitrogens is 4. The minimum Gasteiger partial charge on any atom is -0.383 e. The molecule has 0 saturated carbocycles. The summed E-state index contributed by atoms with van der Waals surface area (Å²) in [6.45, 7) is 0. The van der Waals surface area contributed by atoms with Gasteiger partial charge in [0.15, 0.2) is 11.6 Å². The molecule has 0 aliphatic rings. The van der Waals surface area contributed by atoms with Crippen LogP contribution in [0.1, 0.15) is 16.2 Å². The molecule has 0 atom stereocenters. The van der Waals surface area contributed by atoms with Crippen LogP contribution in [0.15, 0.2) is 54.7 Å². The highest BCUT2D eigenvalue weighted by Crippen LogP contribution is 2.23. The highest BCUT2D eigenvalue weighted by Gasteiger charge is 2.22. The topological polar surface area (TPSA) is 63.9 Å². The number of benzene rings is 2. The highest BCUT2D eigenvalue weighted by atomic mass is 35.5. The predicted molar refractivity (Wildman–Crippen MR) is 102 cm³/mol. The Labute approximate surface area is 160 Å². The molecule has 26 heavy (non-hydrogen) atoms. The molecule has 2 aromatic carbocycles. The highest BCUT2D eigenvalue weighted by molar-refractivity contribution is 6.33. The van der Waals surface area contributed by atoms with Gasteiger partial charge in [-0.1, -0.05) is 35.3 Å². The Morgan fingerprint density at radius 1 is 1.08 bits per heavy atom. The Morgan fingerprint density at radius 3 is 2.46 bits per heavy atom. The zero-order valence-corrected chi connectivity index (χ0v) is 15.6. The molecule has 0 radical (unpaired) electrons. The molecule has 1 aromatic heterocycles. The van der Waals surface area contributed by atoms with Crippen LogP contribution in [0.2, 0.25) is 10.0 Å². The van der Waals surface area contributed by atoms with E-state index in [4.69, 9.17) is 23.2 Å². The fourth-order valence-electron chi connectivity index (χ4n) is 2.37. The van der Waals surface area contributed by atoms with Crippen molar-refractivity contribution in [1.82, 2.24) is 25.1 Å². The zero-order valence-electron chi connectivity index (χ0n) is 14.1. The summed E-state index contributed by atoms with van der Waals surface area (Å²) in [5.41, 5.74) is 1.49. The summed E-state index contributed by atoms with van der Waals surface area (Å²) in [7, 11) is 3.64. The van der Waals surface area contributed by atoms with Gasteiger partial charge in [0.05, 0.1) is 11.3 Å². The van der Waals surface area contributed by atoms with E-state index in [2.05, 4.69) is 15.5 Å². The SMILES string of the molecule is CN(C)/C=C(\C(=O)c1cccc(Cl)c1)c1nnnn1-c1ccc(Cl)cc1. The third-order valence-electron chi connectivity index (χ3n) is 3.50. The molecule has 6 nitrogen and oxygen atoms in total. The lowest BCUT2D eigenvalue weighted by molar-refractivity contribution is 0.105. The molecule has 0 N–H and O–H groups in total. The standard InChI is InChI=1S/C18H15Cl2N5O/c1-24(2)11-16(17(26)12-4-3-5-14(20)10-12)18-21-22-23-25(18)15-8-6-13(19)7-9-15/h3-11H,1-2H3/b16-11+. The van der Waals surface area contributed by atoms with Gasteiger partial charge in [0.25, 0.3) is 0 Å². The minimum absolute atomic E-state index is 0.230. The number of carbonyl (C=O) groups is 1. The number of carbonyl (C=O) groups excluding carboxylic acids is 1. The third kappa shape index (κ3) is 3.92.